The maximum absolute atomic E-state index is 8.67. The number of likely N-dealkylation sites (N-methyl/N-ethyl adjacent to an activating group) is 1. The average molecular weight is 160 g/mol. The zero-order chi connectivity index (χ0) is 8.97. The van der Waals surface area contributed by atoms with Gasteiger partial charge in [0.15, 0.2) is 0 Å². The zero-order valence-electron chi connectivity index (χ0n) is 7.41. The molecule has 0 aliphatic carbocycles. The van der Waals surface area contributed by atoms with Gasteiger partial charge in [0.1, 0.15) is 11.8 Å². The normalized spacial score (nSPS) is 20.2. The van der Waals surface area contributed by atoms with Gasteiger partial charge in [0.25, 0.3) is 0 Å². The third-order valence-electron chi connectivity index (χ3n) is 1.77. The van der Waals surface area contributed by atoms with Crippen LogP contribution in [0.2, 0.25) is 0 Å². The molecule has 1 aliphatic rings. The van der Waals surface area contributed by atoms with E-state index in [0.29, 0.717) is 0 Å². The first-order valence-corrected chi connectivity index (χ1v) is 3.92. The van der Waals surface area contributed by atoms with Gasteiger partial charge in [-0.25, -0.2) is 0 Å². The fourth-order valence-corrected chi connectivity index (χ4v) is 1.13. The Balaban J connectivity index is 2.78. The fraction of sp³-hybridized carbons (Fsp3) is 0.300. The second-order valence-electron chi connectivity index (χ2n) is 2.76. The molecule has 62 valence electrons. The van der Waals surface area contributed by atoms with Gasteiger partial charge in [-0.15, -0.1) is 0 Å². The molecule has 1 heterocycles. The molecule has 0 radical (unpaired) electrons. The summed E-state index contributed by atoms with van der Waals surface area (Å²) in [6.45, 7) is 2.82. The number of nitrogens with zero attached hydrogens (tertiary/aromatic N) is 2. The molecule has 0 atom stereocenters. The number of hydrogen-bond acceptors (Lipinski definition) is 2. The molecule has 0 spiro atoms. The SMILES string of the molecule is CC=CC=C1C=C(C#N)N(C)C1. The third-order valence-corrected chi connectivity index (χ3v) is 1.77. The minimum absolute atomic E-state index is 0.741. The van der Waals surface area contributed by atoms with Gasteiger partial charge in [-0.05, 0) is 18.6 Å². The number of rotatable bonds is 1. The summed E-state index contributed by atoms with van der Waals surface area (Å²) < 4.78 is 0. The maximum atomic E-state index is 8.67. The standard InChI is InChI=1S/C10H12N2/c1-3-4-5-9-6-10(7-11)12(2)8-9/h3-6H,8H2,1-2H3. The topological polar surface area (TPSA) is 27.0 Å². The van der Waals surface area contributed by atoms with E-state index in [1.165, 1.54) is 5.57 Å². The summed E-state index contributed by atoms with van der Waals surface area (Å²) in [6.07, 6.45) is 7.91. The van der Waals surface area contributed by atoms with E-state index in [2.05, 4.69) is 6.07 Å². The van der Waals surface area contributed by atoms with Crippen LogP contribution in [-0.4, -0.2) is 18.5 Å². The van der Waals surface area contributed by atoms with Crippen LogP contribution in [0.5, 0.6) is 0 Å². The van der Waals surface area contributed by atoms with E-state index in [-0.39, 0.29) is 0 Å². The Hall–Kier alpha value is -1.49. The Bertz CT molecular complexity index is 289. The van der Waals surface area contributed by atoms with Gasteiger partial charge in [0.05, 0.1) is 0 Å². The molecule has 0 aromatic heterocycles. The van der Waals surface area contributed by atoms with Crippen LogP contribution in [0.15, 0.2) is 35.6 Å². The fourth-order valence-electron chi connectivity index (χ4n) is 1.13. The van der Waals surface area contributed by atoms with E-state index in [9.17, 15) is 0 Å². The molecule has 1 rings (SSSR count). The van der Waals surface area contributed by atoms with Crippen LogP contribution >= 0.6 is 0 Å². The Labute approximate surface area is 73.1 Å². The van der Waals surface area contributed by atoms with Gasteiger partial charge in [-0.3, -0.25) is 0 Å². The summed E-state index contributed by atoms with van der Waals surface area (Å²) in [4.78, 5) is 1.94. The molecule has 0 bridgehead atoms. The summed E-state index contributed by atoms with van der Waals surface area (Å²) >= 11 is 0. The highest BCUT2D eigenvalue weighted by Crippen LogP contribution is 2.16. The lowest BCUT2D eigenvalue weighted by Gasteiger charge is -2.08. The predicted octanol–water partition coefficient (Wildman–Crippen LogP) is 1.84. The highest BCUT2D eigenvalue weighted by Gasteiger charge is 2.12. The lowest BCUT2D eigenvalue weighted by atomic mass is 10.2. The molecule has 2 heteroatoms. The summed E-state index contributed by atoms with van der Waals surface area (Å²) in [7, 11) is 1.92. The summed E-state index contributed by atoms with van der Waals surface area (Å²) in [6, 6.07) is 2.14. The molecule has 0 aromatic rings. The van der Waals surface area contributed by atoms with Crippen molar-refractivity contribution in [3.8, 4) is 6.07 Å². The molecular formula is C10H12N2. The molecule has 0 fully saturated rings. The molecule has 0 amide bonds. The lowest BCUT2D eigenvalue weighted by molar-refractivity contribution is 0.498. The Morgan fingerprint density at radius 1 is 1.67 bits per heavy atom. The van der Waals surface area contributed by atoms with E-state index in [4.69, 9.17) is 5.26 Å². The van der Waals surface area contributed by atoms with E-state index >= 15 is 0 Å². The first-order valence-electron chi connectivity index (χ1n) is 3.92. The number of allylic oxidation sites excluding steroid dienone is 4. The van der Waals surface area contributed by atoms with Crippen molar-refractivity contribution < 1.29 is 0 Å². The second-order valence-corrected chi connectivity index (χ2v) is 2.76. The number of hydrogen-bond donors (Lipinski definition) is 0. The van der Waals surface area contributed by atoms with E-state index in [1.54, 1.807) is 0 Å². The van der Waals surface area contributed by atoms with Crippen LogP contribution in [0.25, 0.3) is 0 Å². The monoisotopic (exact) mass is 160 g/mol. The Morgan fingerprint density at radius 3 is 2.92 bits per heavy atom. The molecule has 0 N–H and O–H groups in total. The molecule has 0 aromatic carbocycles. The molecule has 1 aliphatic heterocycles. The number of nitriles is 1. The first-order chi connectivity index (χ1) is 5.77. The van der Waals surface area contributed by atoms with Crippen LogP contribution in [0, 0.1) is 11.3 Å². The molecule has 0 saturated carbocycles. The van der Waals surface area contributed by atoms with Crippen molar-refractivity contribution in [2.45, 2.75) is 6.92 Å². The van der Waals surface area contributed by atoms with Crippen molar-refractivity contribution in [3.05, 3.63) is 35.6 Å². The van der Waals surface area contributed by atoms with Crippen molar-refractivity contribution in [1.82, 2.24) is 4.90 Å². The maximum Gasteiger partial charge on any atom is 0.117 e. The highest BCUT2D eigenvalue weighted by atomic mass is 15.1. The molecular weight excluding hydrogens is 148 g/mol. The van der Waals surface area contributed by atoms with Crippen molar-refractivity contribution in [2.24, 2.45) is 0 Å². The molecule has 12 heavy (non-hydrogen) atoms. The van der Waals surface area contributed by atoms with Crippen molar-refractivity contribution in [3.63, 3.8) is 0 Å². The Kier molecular flexibility index (Phi) is 2.71. The van der Waals surface area contributed by atoms with Gasteiger partial charge in [-0.1, -0.05) is 18.2 Å². The summed E-state index contributed by atoms with van der Waals surface area (Å²) in [5.74, 6) is 0. The van der Waals surface area contributed by atoms with Gasteiger partial charge in [0.2, 0.25) is 0 Å². The molecule has 0 saturated heterocycles. The summed E-state index contributed by atoms with van der Waals surface area (Å²) in [5.41, 5.74) is 1.93. The predicted molar refractivity (Wildman–Crippen MR) is 49.2 cm³/mol. The van der Waals surface area contributed by atoms with Crippen molar-refractivity contribution >= 4 is 0 Å². The van der Waals surface area contributed by atoms with Crippen LogP contribution < -0.4 is 0 Å². The van der Waals surface area contributed by atoms with Gasteiger partial charge < -0.3 is 4.90 Å². The Morgan fingerprint density at radius 2 is 2.42 bits per heavy atom. The molecule has 0 unspecified atom stereocenters. The van der Waals surface area contributed by atoms with E-state index in [0.717, 1.165) is 12.2 Å². The molecule has 2 nitrogen and oxygen atoms in total. The highest BCUT2D eigenvalue weighted by molar-refractivity contribution is 5.39. The van der Waals surface area contributed by atoms with Gasteiger partial charge in [-0.2, -0.15) is 5.26 Å². The van der Waals surface area contributed by atoms with Crippen LogP contribution in [0.4, 0.5) is 0 Å². The minimum Gasteiger partial charge on any atom is -0.362 e. The lowest BCUT2D eigenvalue weighted by Crippen LogP contribution is -2.12. The minimum atomic E-state index is 0.741. The quantitative estimate of drug-likeness (QED) is 0.585. The van der Waals surface area contributed by atoms with E-state index in [1.807, 2.05) is 43.2 Å². The summed E-state index contributed by atoms with van der Waals surface area (Å²) in [5, 5.41) is 8.67. The third kappa shape index (κ3) is 1.76. The van der Waals surface area contributed by atoms with Gasteiger partial charge >= 0.3 is 0 Å². The van der Waals surface area contributed by atoms with Crippen molar-refractivity contribution in [2.75, 3.05) is 13.6 Å². The second kappa shape index (κ2) is 3.77. The first kappa shape index (κ1) is 8.61. The largest absolute Gasteiger partial charge is 0.362 e. The average Bonchev–Trinajstić information content (AvgIpc) is 2.43. The van der Waals surface area contributed by atoms with E-state index < -0.39 is 0 Å². The zero-order valence-corrected chi connectivity index (χ0v) is 7.41. The van der Waals surface area contributed by atoms with Gasteiger partial charge in [0, 0.05) is 13.6 Å². The smallest absolute Gasteiger partial charge is 0.117 e. The van der Waals surface area contributed by atoms with Crippen LogP contribution in [-0.2, 0) is 0 Å². The van der Waals surface area contributed by atoms with Crippen LogP contribution in [0.1, 0.15) is 6.92 Å². The van der Waals surface area contributed by atoms with Crippen LogP contribution in [0.3, 0.4) is 0 Å². The van der Waals surface area contributed by atoms with Crippen molar-refractivity contribution in [1.29, 1.82) is 5.26 Å².